The lowest BCUT2D eigenvalue weighted by atomic mass is 10.1. The Hall–Kier alpha value is -2.05. The van der Waals surface area contributed by atoms with Crippen molar-refractivity contribution in [2.45, 2.75) is 59.7 Å². The van der Waals surface area contributed by atoms with Gasteiger partial charge in [0.05, 0.1) is 0 Å². The summed E-state index contributed by atoms with van der Waals surface area (Å²) in [5, 5.41) is 3.63. The second-order valence-corrected chi connectivity index (χ2v) is 10.0. The van der Waals surface area contributed by atoms with Gasteiger partial charge < -0.3 is 15.0 Å². The van der Waals surface area contributed by atoms with Crippen LogP contribution in [0.5, 0.6) is 5.75 Å². The van der Waals surface area contributed by atoms with Crippen LogP contribution >= 0.6 is 27.5 Å². The number of hydrogen-bond donors (Lipinski definition) is 1. The van der Waals surface area contributed by atoms with Gasteiger partial charge in [0.1, 0.15) is 11.8 Å². The molecule has 0 radical (unpaired) electrons. The quantitative estimate of drug-likeness (QED) is 0.541. The predicted octanol–water partition coefficient (Wildman–Crippen LogP) is 5.43. The highest BCUT2D eigenvalue weighted by Crippen LogP contribution is 2.26. The number of halogens is 2. The minimum Gasteiger partial charge on any atom is -0.484 e. The van der Waals surface area contributed by atoms with Crippen LogP contribution in [-0.4, -0.2) is 34.9 Å². The molecule has 0 bridgehead atoms. The van der Waals surface area contributed by atoms with E-state index in [-0.39, 0.29) is 18.4 Å². The maximum atomic E-state index is 13.1. The molecule has 0 aliphatic carbocycles. The smallest absolute Gasteiger partial charge is 0.261 e. The Morgan fingerprint density at radius 1 is 1.13 bits per heavy atom. The molecule has 0 saturated carbocycles. The van der Waals surface area contributed by atoms with Gasteiger partial charge in [-0.25, -0.2) is 0 Å². The summed E-state index contributed by atoms with van der Waals surface area (Å²) in [7, 11) is 0. The number of nitrogens with zero attached hydrogens (tertiary/aromatic N) is 1. The van der Waals surface area contributed by atoms with Gasteiger partial charge in [-0.05, 0) is 82.5 Å². The van der Waals surface area contributed by atoms with E-state index in [2.05, 4.69) is 21.2 Å². The first-order valence-electron chi connectivity index (χ1n) is 10.1. The molecule has 1 N–H and O–H groups in total. The first kappa shape index (κ1) is 25.2. The van der Waals surface area contributed by atoms with Gasteiger partial charge in [0, 0.05) is 21.6 Å². The fourth-order valence-corrected chi connectivity index (χ4v) is 3.43. The topological polar surface area (TPSA) is 58.6 Å². The molecule has 0 heterocycles. The average Bonchev–Trinajstić information content (AvgIpc) is 2.67. The van der Waals surface area contributed by atoms with E-state index in [0.29, 0.717) is 17.3 Å². The van der Waals surface area contributed by atoms with Crippen molar-refractivity contribution in [2.24, 2.45) is 0 Å². The van der Waals surface area contributed by atoms with E-state index >= 15 is 0 Å². The Labute approximate surface area is 198 Å². The van der Waals surface area contributed by atoms with E-state index < -0.39 is 11.6 Å². The molecule has 0 saturated heterocycles. The molecule has 1 atom stereocenters. The SMILES string of the molecule is Cc1cc(OCC(=O)N(Cc2ccc(Br)cc2)[C@H](C)C(=O)NC(C)(C)C)cc(C)c1Cl. The number of carbonyl (C=O) groups excluding carboxylic acids is 2. The van der Waals surface area contributed by atoms with Crippen LogP contribution in [0.3, 0.4) is 0 Å². The van der Waals surface area contributed by atoms with Crippen molar-refractivity contribution in [1.29, 1.82) is 0 Å². The largest absolute Gasteiger partial charge is 0.484 e. The molecule has 31 heavy (non-hydrogen) atoms. The summed E-state index contributed by atoms with van der Waals surface area (Å²) in [5.41, 5.74) is 2.29. The normalized spacial score (nSPS) is 12.3. The van der Waals surface area contributed by atoms with Crippen molar-refractivity contribution >= 4 is 39.3 Å². The summed E-state index contributed by atoms with van der Waals surface area (Å²) < 4.78 is 6.71. The summed E-state index contributed by atoms with van der Waals surface area (Å²) in [5.74, 6) is 0.0871. The molecule has 0 unspecified atom stereocenters. The summed E-state index contributed by atoms with van der Waals surface area (Å²) in [6, 6.07) is 10.6. The van der Waals surface area contributed by atoms with Crippen molar-refractivity contribution < 1.29 is 14.3 Å². The zero-order valence-corrected chi connectivity index (χ0v) is 21.2. The Morgan fingerprint density at radius 2 is 1.68 bits per heavy atom. The molecular formula is C24H30BrClN2O3. The van der Waals surface area contributed by atoms with E-state index in [1.165, 1.54) is 0 Å². The van der Waals surface area contributed by atoms with Crippen molar-refractivity contribution in [1.82, 2.24) is 10.2 Å². The van der Waals surface area contributed by atoms with E-state index in [1.807, 2.05) is 58.9 Å². The summed E-state index contributed by atoms with van der Waals surface area (Å²) in [6.07, 6.45) is 0. The number of benzene rings is 2. The third kappa shape index (κ3) is 7.54. The lowest BCUT2D eigenvalue weighted by molar-refractivity contribution is -0.142. The van der Waals surface area contributed by atoms with Gasteiger partial charge in [0.15, 0.2) is 6.61 Å². The van der Waals surface area contributed by atoms with Crippen molar-refractivity contribution in [3.63, 3.8) is 0 Å². The van der Waals surface area contributed by atoms with E-state index in [1.54, 1.807) is 24.0 Å². The van der Waals surface area contributed by atoms with Gasteiger partial charge in [-0.1, -0.05) is 39.7 Å². The number of rotatable bonds is 7. The zero-order chi connectivity index (χ0) is 23.3. The van der Waals surface area contributed by atoms with Crippen LogP contribution in [0.15, 0.2) is 40.9 Å². The number of carbonyl (C=O) groups is 2. The van der Waals surface area contributed by atoms with Crippen LogP contribution in [0.25, 0.3) is 0 Å². The third-order valence-electron chi connectivity index (χ3n) is 4.70. The Bertz CT molecular complexity index is 916. The monoisotopic (exact) mass is 508 g/mol. The van der Waals surface area contributed by atoms with Crippen LogP contribution in [0.2, 0.25) is 5.02 Å². The van der Waals surface area contributed by atoms with Gasteiger partial charge in [-0.15, -0.1) is 0 Å². The second-order valence-electron chi connectivity index (χ2n) is 8.72. The molecule has 168 valence electrons. The fraction of sp³-hybridized carbons (Fsp3) is 0.417. The first-order valence-corrected chi connectivity index (χ1v) is 11.3. The molecular weight excluding hydrogens is 480 g/mol. The molecule has 2 aromatic carbocycles. The number of aryl methyl sites for hydroxylation is 2. The Kier molecular flexibility index (Phi) is 8.55. The minimum absolute atomic E-state index is 0.176. The maximum Gasteiger partial charge on any atom is 0.261 e. The highest BCUT2D eigenvalue weighted by molar-refractivity contribution is 9.10. The third-order valence-corrected chi connectivity index (χ3v) is 5.83. The Balaban J connectivity index is 2.20. The number of ether oxygens (including phenoxy) is 1. The molecule has 2 rings (SSSR count). The van der Waals surface area contributed by atoms with Crippen molar-refractivity contribution in [3.8, 4) is 5.75 Å². The van der Waals surface area contributed by atoms with Gasteiger partial charge in [-0.3, -0.25) is 9.59 Å². The lowest BCUT2D eigenvalue weighted by Gasteiger charge is -2.31. The standard InChI is InChI=1S/C24H30BrClN2O3/c1-15-11-20(12-16(2)22(15)26)31-14-21(29)28(13-18-7-9-19(25)10-8-18)17(3)23(30)27-24(4,5)6/h7-12,17H,13-14H2,1-6H3,(H,27,30)/t17-/m1/s1. The van der Waals surface area contributed by atoms with Crippen LogP contribution < -0.4 is 10.1 Å². The number of nitrogens with one attached hydrogen (secondary N) is 1. The Morgan fingerprint density at radius 3 is 2.19 bits per heavy atom. The minimum atomic E-state index is -0.660. The van der Waals surface area contributed by atoms with E-state index in [0.717, 1.165) is 21.2 Å². The van der Waals surface area contributed by atoms with Gasteiger partial charge in [-0.2, -0.15) is 0 Å². The molecule has 0 fully saturated rings. The number of amides is 2. The van der Waals surface area contributed by atoms with Gasteiger partial charge in [0.25, 0.3) is 5.91 Å². The molecule has 7 heteroatoms. The van der Waals surface area contributed by atoms with Crippen LogP contribution in [-0.2, 0) is 16.1 Å². The van der Waals surface area contributed by atoms with Crippen molar-refractivity contribution in [2.75, 3.05) is 6.61 Å². The second kappa shape index (κ2) is 10.5. The molecule has 2 amide bonds. The average molecular weight is 510 g/mol. The molecule has 0 aromatic heterocycles. The summed E-state index contributed by atoms with van der Waals surface area (Å²) in [6.45, 7) is 11.4. The molecule has 0 aliphatic rings. The fourth-order valence-electron chi connectivity index (χ4n) is 3.06. The predicted molar refractivity (Wildman–Crippen MR) is 128 cm³/mol. The highest BCUT2D eigenvalue weighted by Gasteiger charge is 2.28. The molecule has 0 aliphatic heterocycles. The van der Waals surface area contributed by atoms with Crippen LogP contribution in [0.1, 0.15) is 44.4 Å². The molecule has 0 spiro atoms. The lowest BCUT2D eigenvalue weighted by Crippen LogP contribution is -2.53. The summed E-state index contributed by atoms with van der Waals surface area (Å²) >= 11 is 9.63. The van der Waals surface area contributed by atoms with Crippen LogP contribution in [0.4, 0.5) is 0 Å². The van der Waals surface area contributed by atoms with Gasteiger partial charge in [0.2, 0.25) is 5.91 Å². The van der Waals surface area contributed by atoms with Gasteiger partial charge >= 0.3 is 0 Å². The van der Waals surface area contributed by atoms with Crippen LogP contribution in [0, 0.1) is 13.8 Å². The maximum absolute atomic E-state index is 13.1. The van der Waals surface area contributed by atoms with E-state index in [4.69, 9.17) is 16.3 Å². The number of hydrogen-bond acceptors (Lipinski definition) is 3. The zero-order valence-electron chi connectivity index (χ0n) is 18.9. The highest BCUT2D eigenvalue weighted by atomic mass is 79.9. The first-order chi connectivity index (χ1) is 14.4. The van der Waals surface area contributed by atoms with Crippen molar-refractivity contribution in [3.05, 3.63) is 62.6 Å². The van der Waals surface area contributed by atoms with E-state index in [9.17, 15) is 9.59 Å². The molecule has 2 aromatic rings. The molecule has 5 nitrogen and oxygen atoms in total. The summed E-state index contributed by atoms with van der Waals surface area (Å²) in [4.78, 5) is 27.4.